The zero-order valence-electron chi connectivity index (χ0n) is 8.27. The molecule has 0 spiro atoms. The SMILES string of the molecule is CC(C)=CCNc1cccc(F)c1F. The Kier molecular flexibility index (Phi) is 3.63. The van der Waals surface area contributed by atoms with Crippen molar-refractivity contribution < 1.29 is 8.78 Å². The number of hydrogen-bond acceptors (Lipinski definition) is 1. The molecule has 3 heteroatoms. The van der Waals surface area contributed by atoms with Crippen LogP contribution in [0.2, 0.25) is 0 Å². The van der Waals surface area contributed by atoms with Gasteiger partial charge in [-0.25, -0.2) is 8.78 Å². The van der Waals surface area contributed by atoms with Crippen molar-refractivity contribution in [1.29, 1.82) is 0 Å². The first-order chi connectivity index (χ1) is 6.61. The van der Waals surface area contributed by atoms with Crippen molar-refractivity contribution in [2.75, 3.05) is 11.9 Å². The topological polar surface area (TPSA) is 12.0 Å². The Hall–Kier alpha value is -1.38. The molecule has 0 aliphatic rings. The largest absolute Gasteiger partial charge is 0.379 e. The average molecular weight is 197 g/mol. The van der Waals surface area contributed by atoms with E-state index < -0.39 is 11.6 Å². The van der Waals surface area contributed by atoms with E-state index >= 15 is 0 Å². The third kappa shape index (κ3) is 2.83. The van der Waals surface area contributed by atoms with E-state index in [-0.39, 0.29) is 5.69 Å². The van der Waals surface area contributed by atoms with Gasteiger partial charge in [0.25, 0.3) is 0 Å². The predicted molar refractivity (Wildman–Crippen MR) is 54.3 cm³/mol. The molecule has 1 N–H and O–H groups in total. The molecule has 0 aliphatic heterocycles. The summed E-state index contributed by atoms with van der Waals surface area (Å²) in [6.07, 6.45) is 1.91. The third-order valence-corrected chi connectivity index (χ3v) is 1.75. The van der Waals surface area contributed by atoms with Gasteiger partial charge in [0.2, 0.25) is 0 Å². The second kappa shape index (κ2) is 4.74. The molecule has 1 rings (SSSR count). The summed E-state index contributed by atoms with van der Waals surface area (Å²) in [5, 5.41) is 2.79. The van der Waals surface area contributed by atoms with Gasteiger partial charge in [-0.15, -0.1) is 0 Å². The van der Waals surface area contributed by atoms with Crippen LogP contribution >= 0.6 is 0 Å². The Bertz CT molecular complexity index is 341. The van der Waals surface area contributed by atoms with Gasteiger partial charge < -0.3 is 5.32 Å². The van der Waals surface area contributed by atoms with Crippen LogP contribution in [0.1, 0.15) is 13.8 Å². The molecule has 0 heterocycles. The smallest absolute Gasteiger partial charge is 0.181 e. The van der Waals surface area contributed by atoms with Gasteiger partial charge in [-0.3, -0.25) is 0 Å². The molecular formula is C11H13F2N. The minimum absolute atomic E-state index is 0.197. The van der Waals surface area contributed by atoms with Crippen LogP contribution in [0.3, 0.4) is 0 Å². The van der Waals surface area contributed by atoms with Crippen molar-refractivity contribution >= 4 is 5.69 Å². The monoisotopic (exact) mass is 197 g/mol. The molecule has 0 bridgehead atoms. The van der Waals surface area contributed by atoms with Crippen molar-refractivity contribution in [2.24, 2.45) is 0 Å². The quantitative estimate of drug-likeness (QED) is 0.733. The summed E-state index contributed by atoms with van der Waals surface area (Å²) in [6.45, 7) is 4.40. The minimum atomic E-state index is -0.827. The molecule has 0 aromatic heterocycles. The average Bonchev–Trinajstić information content (AvgIpc) is 2.12. The maximum atomic E-state index is 13.1. The van der Waals surface area contributed by atoms with Crippen LogP contribution in [-0.2, 0) is 0 Å². The molecule has 0 amide bonds. The third-order valence-electron chi connectivity index (χ3n) is 1.75. The Morgan fingerprint density at radius 3 is 2.71 bits per heavy atom. The van der Waals surface area contributed by atoms with Crippen LogP contribution in [0.15, 0.2) is 29.8 Å². The van der Waals surface area contributed by atoms with E-state index in [0.29, 0.717) is 6.54 Å². The van der Waals surface area contributed by atoms with E-state index in [0.717, 1.165) is 11.6 Å². The Labute approximate surface area is 82.4 Å². The van der Waals surface area contributed by atoms with E-state index in [1.54, 1.807) is 0 Å². The van der Waals surface area contributed by atoms with Gasteiger partial charge >= 0.3 is 0 Å². The number of hydrogen-bond donors (Lipinski definition) is 1. The minimum Gasteiger partial charge on any atom is -0.379 e. The number of benzene rings is 1. The van der Waals surface area contributed by atoms with Crippen LogP contribution in [0.4, 0.5) is 14.5 Å². The Morgan fingerprint density at radius 2 is 2.07 bits per heavy atom. The van der Waals surface area contributed by atoms with E-state index in [1.165, 1.54) is 12.1 Å². The summed E-state index contributed by atoms with van der Waals surface area (Å²) in [4.78, 5) is 0. The molecule has 14 heavy (non-hydrogen) atoms. The van der Waals surface area contributed by atoms with Crippen molar-refractivity contribution in [3.8, 4) is 0 Å². The number of rotatable bonds is 3. The van der Waals surface area contributed by atoms with E-state index in [2.05, 4.69) is 5.32 Å². The molecule has 0 aliphatic carbocycles. The van der Waals surface area contributed by atoms with Crippen molar-refractivity contribution in [2.45, 2.75) is 13.8 Å². The van der Waals surface area contributed by atoms with E-state index in [1.807, 2.05) is 19.9 Å². The lowest BCUT2D eigenvalue weighted by Crippen LogP contribution is -2.02. The fourth-order valence-corrected chi connectivity index (χ4v) is 1.01. The summed E-state index contributed by atoms with van der Waals surface area (Å²) < 4.78 is 25.8. The summed E-state index contributed by atoms with van der Waals surface area (Å²) in [5.74, 6) is -1.65. The summed E-state index contributed by atoms with van der Waals surface area (Å²) in [6, 6.07) is 4.09. The lowest BCUT2D eigenvalue weighted by molar-refractivity contribution is 0.511. The molecule has 0 fully saturated rings. The normalized spacial score (nSPS) is 9.71. The maximum Gasteiger partial charge on any atom is 0.181 e. The molecule has 1 nitrogen and oxygen atoms in total. The van der Waals surface area contributed by atoms with Crippen LogP contribution < -0.4 is 5.32 Å². The fraction of sp³-hybridized carbons (Fsp3) is 0.273. The molecule has 1 aromatic carbocycles. The van der Waals surface area contributed by atoms with Gasteiger partial charge in [-0.2, -0.15) is 0 Å². The van der Waals surface area contributed by atoms with Gasteiger partial charge in [0, 0.05) is 6.54 Å². The number of allylic oxidation sites excluding steroid dienone is 1. The summed E-state index contributed by atoms with van der Waals surface area (Å²) in [5.41, 5.74) is 1.33. The van der Waals surface area contributed by atoms with Gasteiger partial charge in [0.1, 0.15) is 0 Å². The second-order valence-corrected chi connectivity index (χ2v) is 3.26. The van der Waals surface area contributed by atoms with Crippen LogP contribution in [0, 0.1) is 11.6 Å². The van der Waals surface area contributed by atoms with Crippen molar-refractivity contribution in [3.05, 3.63) is 41.5 Å². The highest BCUT2D eigenvalue weighted by atomic mass is 19.2. The molecule has 0 atom stereocenters. The first kappa shape index (κ1) is 10.7. The predicted octanol–water partition coefficient (Wildman–Crippen LogP) is 3.34. The molecule has 0 radical (unpaired) electrons. The Morgan fingerprint density at radius 1 is 1.36 bits per heavy atom. The zero-order valence-corrected chi connectivity index (χ0v) is 8.27. The van der Waals surface area contributed by atoms with Crippen molar-refractivity contribution in [1.82, 2.24) is 0 Å². The zero-order chi connectivity index (χ0) is 10.6. The van der Waals surface area contributed by atoms with E-state index in [9.17, 15) is 8.78 Å². The van der Waals surface area contributed by atoms with Crippen LogP contribution in [0.25, 0.3) is 0 Å². The first-order valence-electron chi connectivity index (χ1n) is 4.42. The number of anilines is 1. The van der Waals surface area contributed by atoms with Gasteiger partial charge in [0.05, 0.1) is 5.69 Å². The van der Waals surface area contributed by atoms with Gasteiger partial charge in [-0.05, 0) is 26.0 Å². The van der Waals surface area contributed by atoms with Crippen LogP contribution in [0.5, 0.6) is 0 Å². The second-order valence-electron chi connectivity index (χ2n) is 3.26. The molecule has 1 aromatic rings. The summed E-state index contributed by atoms with van der Waals surface area (Å²) in [7, 11) is 0. The standard InChI is InChI=1S/C11H13F2N/c1-8(2)6-7-14-10-5-3-4-9(12)11(10)13/h3-6,14H,7H2,1-2H3. The molecule has 0 saturated carbocycles. The van der Waals surface area contributed by atoms with E-state index in [4.69, 9.17) is 0 Å². The highest BCUT2D eigenvalue weighted by Gasteiger charge is 2.05. The van der Waals surface area contributed by atoms with Gasteiger partial charge in [-0.1, -0.05) is 17.7 Å². The fourth-order valence-electron chi connectivity index (χ4n) is 1.01. The Balaban J connectivity index is 2.68. The first-order valence-corrected chi connectivity index (χ1v) is 4.42. The lowest BCUT2D eigenvalue weighted by Gasteiger charge is -2.05. The van der Waals surface area contributed by atoms with Gasteiger partial charge in [0.15, 0.2) is 11.6 Å². The molecule has 76 valence electrons. The highest BCUT2D eigenvalue weighted by molar-refractivity contribution is 5.45. The maximum absolute atomic E-state index is 13.1. The summed E-state index contributed by atoms with van der Waals surface area (Å²) >= 11 is 0. The highest BCUT2D eigenvalue weighted by Crippen LogP contribution is 2.16. The molecule has 0 unspecified atom stereocenters. The number of halogens is 2. The molecule has 0 saturated heterocycles. The lowest BCUT2D eigenvalue weighted by atomic mass is 10.3. The van der Waals surface area contributed by atoms with Crippen LogP contribution in [-0.4, -0.2) is 6.54 Å². The van der Waals surface area contributed by atoms with Crippen molar-refractivity contribution in [3.63, 3.8) is 0 Å². The molecular weight excluding hydrogens is 184 g/mol. The number of nitrogens with one attached hydrogen (secondary N) is 1.